The lowest BCUT2D eigenvalue weighted by Gasteiger charge is -2.25. The van der Waals surface area contributed by atoms with E-state index in [2.05, 4.69) is 0 Å². The largest absolute Gasteiger partial charge is 0.508 e. The number of carbonyl (C=O) groups excluding carboxylic acids is 1. The molecule has 1 N–H and O–H groups in total. The first-order valence-electron chi connectivity index (χ1n) is 10.1. The Labute approximate surface area is 182 Å². The molecular formula is C25H17NO6. The van der Waals surface area contributed by atoms with Crippen LogP contribution < -0.4 is 14.9 Å². The summed E-state index contributed by atoms with van der Waals surface area (Å²) in [4.78, 5) is 28.5. The summed E-state index contributed by atoms with van der Waals surface area (Å²) in [5.74, 6) is 1.06. The second-order valence-corrected chi connectivity index (χ2v) is 7.78. The lowest BCUT2D eigenvalue weighted by atomic mass is 9.98. The van der Waals surface area contributed by atoms with Gasteiger partial charge >= 0.3 is 0 Å². The monoisotopic (exact) mass is 427 g/mol. The Morgan fingerprint density at radius 3 is 2.56 bits per heavy atom. The fourth-order valence-corrected chi connectivity index (χ4v) is 4.37. The molecule has 0 spiro atoms. The quantitative estimate of drug-likeness (QED) is 0.532. The third-order valence-corrected chi connectivity index (χ3v) is 5.87. The number of phenols is 1. The number of rotatable bonds is 3. The Bertz CT molecular complexity index is 1440. The molecule has 158 valence electrons. The molecule has 7 nitrogen and oxygen atoms in total. The molecule has 1 unspecified atom stereocenters. The third-order valence-electron chi connectivity index (χ3n) is 5.87. The lowest BCUT2D eigenvalue weighted by Crippen LogP contribution is -2.29. The predicted molar refractivity (Wildman–Crippen MR) is 115 cm³/mol. The van der Waals surface area contributed by atoms with Crippen molar-refractivity contribution in [1.29, 1.82) is 0 Å². The maximum absolute atomic E-state index is 13.5. The van der Waals surface area contributed by atoms with E-state index in [1.165, 1.54) is 0 Å². The lowest BCUT2D eigenvalue weighted by molar-refractivity contribution is 0.0714. The van der Waals surface area contributed by atoms with Crippen molar-refractivity contribution in [2.24, 2.45) is 0 Å². The SMILES string of the molecule is O=C1c2oc3ccccc3c(=O)c2C(c2ccc(O)cc2)N1Cc1ccc2c(c1)OCO2. The molecule has 0 saturated carbocycles. The average molecular weight is 427 g/mol. The van der Waals surface area contributed by atoms with Gasteiger partial charge in [0.15, 0.2) is 16.9 Å². The van der Waals surface area contributed by atoms with Gasteiger partial charge in [0, 0.05) is 6.54 Å². The van der Waals surface area contributed by atoms with Crippen LogP contribution in [0.2, 0.25) is 0 Å². The minimum Gasteiger partial charge on any atom is -0.508 e. The number of para-hydroxylation sites is 1. The number of carbonyl (C=O) groups is 1. The number of ether oxygens (including phenoxy) is 2. The molecule has 1 atom stereocenters. The van der Waals surface area contributed by atoms with E-state index in [0.29, 0.717) is 33.6 Å². The number of hydrogen-bond acceptors (Lipinski definition) is 6. The van der Waals surface area contributed by atoms with Crippen molar-refractivity contribution in [3.63, 3.8) is 0 Å². The zero-order valence-electron chi connectivity index (χ0n) is 16.8. The maximum atomic E-state index is 13.5. The van der Waals surface area contributed by atoms with Crippen LogP contribution in [0.15, 0.2) is 75.9 Å². The number of nitrogens with zero attached hydrogens (tertiary/aromatic N) is 1. The Balaban J connectivity index is 1.51. The zero-order chi connectivity index (χ0) is 21.8. The van der Waals surface area contributed by atoms with Crippen LogP contribution in [0, 0.1) is 0 Å². The Morgan fingerprint density at radius 1 is 0.938 bits per heavy atom. The summed E-state index contributed by atoms with van der Waals surface area (Å²) in [5, 5.41) is 10.2. The summed E-state index contributed by atoms with van der Waals surface area (Å²) in [6, 6.07) is 18.3. The molecule has 0 fully saturated rings. The normalized spacial score (nSPS) is 16.6. The minimum absolute atomic E-state index is 0.0486. The van der Waals surface area contributed by atoms with Crippen molar-refractivity contribution in [2.75, 3.05) is 6.79 Å². The molecule has 7 heteroatoms. The fourth-order valence-electron chi connectivity index (χ4n) is 4.37. The molecule has 1 aromatic heterocycles. The first-order valence-corrected chi connectivity index (χ1v) is 10.1. The average Bonchev–Trinajstić information content (AvgIpc) is 3.38. The number of benzene rings is 3. The Kier molecular flexibility index (Phi) is 3.98. The van der Waals surface area contributed by atoms with Crippen molar-refractivity contribution in [2.45, 2.75) is 12.6 Å². The molecule has 0 radical (unpaired) electrons. The van der Waals surface area contributed by atoms with E-state index in [4.69, 9.17) is 13.9 Å². The van der Waals surface area contributed by atoms with Gasteiger partial charge in [-0.15, -0.1) is 0 Å². The van der Waals surface area contributed by atoms with Crippen LogP contribution in [-0.4, -0.2) is 22.7 Å². The van der Waals surface area contributed by atoms with Gasteiger partial charge in [-0.3, -0.25) is 9.59 Å². The van der Waals surface area contributed by atoms with Crippen LogP contribution in [0.25, 0.3) is 11.0 Å². The molecule has 0 saturated heterocycles. The second-order valence-electron chi connectivity index (χ2n) is 7.78. The zero-order valence-corrected chi connectivity index (χ0v) is 16.8. The van der Waals surface area contributed by atoms with Gasteiger partial charge in [0.2, 0.25) is 12.6 Å². The standard InChI is InChI=1S/C25H17NO6/c27-16-8-6-15(7-9-16)22-21-23(28)17-3-1-2-4-18(17)32-24(21)25(29)26(22)12-14-5-10-19-20(11-14)31-13-30-19/h1-11,22,27H,12-13H2. The van der Waals surface area contributed by atoms with Crippen molar-refractivity contribution < 1.29 is 23.8 Å². The van der Waals surface area contributed by atoms with Gasteiger partial charge in [-0.05, 0) is 47.5 Å². The number of aromatic hydroxyl groups is 1. The van der Waals surface area contributed by atoms with E-state index in [9.17, 15) is 14.7 Å². The first kappa shape index (κ1) is 18.5. The Morgan fingerprint density at radius 2 is 1.72 bits per heavy atom. The summed E-state index contributed by atoms with van der Waals surface area (Å²) in [5.41, 5.74) is 1.98. The molecule has 0 bridgehead atoms. The van der Waals surface area contributed by atoms with Gasteiger partial charge in [-0.2, -0.15) is 0 Å². The third kappa shape index (κ3) is 2.75. The van der Waals surface area contributed by atoms with Gasteiger partial charge in [-0.1, -0.05) is 30.3 Å². The van der Waals surface area contributed by atoms with Crippen molar-refractivity contribution in [3.8, 4) is 17.2 Å². The number of amides is 1. The Hall–Kier alpha value is -4.26. The van der Waals surface area contributed by atoms with E-state index in [-0.39, 0.29) is 36.2 Å². The molecule has 4 aromatic rings. The summed E-state index contributed by atoms with van der Waals surface area (Å²) in [6.07, 6.45) is 0. The molecule has 1 amide bonds. The van der Waals surface area contributed by atoms with Crippen LogP contribution in [0.3, 0.4) is 0 Å². The van der Waals surface area contributed by atoms with Crippen LogP contribution in [0.1, 0.15) is 33.3 Å². The van der Waals surface area contributed by atoms with E-state index in [0.717, 1.165) is 5.56 Å². The van der Waals surface area contributed by atoms with Gasteiger partial charge in [0.1, 0.15) is 11.3 Å². The molecule has 0 aliphatic carbocycles. The second kappa shape index (κ2) is 6.88. The van der Waals surface area contributed by atoms with E-state index < -0.39 is 6.04 Å². The van der Waals surface area contributed by atoms with Gasteiger partial charge in [-0.25, -0.2) is 0 Å². The fraction of sp³-hybridized carbons (Fsp3) is 0.120. The highest BCUT2D eigenvalue weighted by Crippen LogP contribution is 2.40. The van der Waals surface area contributed by atoms with Crippen molar-refractivity contribution in [3.05, 3.63) is 99.4 Å². The minimum atomic E-state index is -0.649. The van der Waals surface area contributed by atoms with E-state index in [1.807, 2.05) is 12.1 Å². The number of fused-ring (bicyclic) bond motifs is 3. The molecule has 2 aliphatic heterocycles. The smallest absolute Gasteiger partial charge is 0.291 e. The molecule has 2 aliphatic rings. The summed E-state index contributed by atoms with van der Waals surface area (Å²) < 4.78 is 16.8. The topological polar surface area (TPSA) is 89.2 Å². The first-order chi connectivity index (χ1) is 15.6. The van der Waals surface area contributed by atoms with Gasteiger partial charge in [0.05, 0.1) is 17.0 Å². The molecule has 32 heavy (non-hydrogen) atoms. The molecular weight excluding hydrogens is 410 g/mol. The van der Waals surface area contributed by atoms with Crippen molar-refractivity contribution in [1.82, 2.24) is 4.90 Å². The number of phenolic OH excluding ortho intramolecular Hbond substituents is 1. The summed E-state index contributed by atoms with van der Waals surface area (Å²) in [6.45, 7) is 0.398. The van der Waals surface area contributed by atoms with Gasteiger partial charge < -0.3 is 23.9 Å². The highest BCUT2D eigenvalue weighted by atomic mass is 16.7. The summed E-state index contributed by atoms with van der Waals surface area (Å²) >= 11 is 0. The van der Waals surface area contributed by atoms with Gasteiger partial charge in [0.25, 0.3) is 5.91 Å². The molecule has 6 rings (SSSR count). The van der Waals surface area contributed by atoms with Crippen LogP contribution >= 0.6 is 0 Å². The summed E-state index contributed by atoms with van der Waals surface area (Å²) in [7, 11) is 0. The highest BCUT2D eigenvalue weighted by Gasteiger charge is 2.42. The molecule has 3 heterocycles. The number of hydrogen-bond donors (Lipinski definition) is 1. The molecule has 3 aromatic carbocycles. The van der Waals surface area contributed by atoms with Crippen LogP contribution in [0.4, 0.5) is 0 Å². The highest BCUT2D eigenvalue weighted by molar-refractivity contribution is 5.99. The maximum Gasteiger partial charge on any atom is 0.291 e. The van der Waals surface area contributed by atoms with E-state index >= 15 is 0 Å². The predicted octanol–water partition coefficient (Wildman–Crippen LogP) is 3.97. The van der Waals surface area contributed by atoms with Crippen molar-refractivity contribution >= 4 is 16.9 Å². The van der Waals surface area contributed by atoms with Crippen LogP contribution in [0.5, 0.6) is 17.2 Å². The van der Waals surface area contributed by atoms with Crippen LogP contribution in [-0.2, 0) is 6.54 Å². The van der Waals surface area contributed by atoms with E-state index in [1.54, 1.807) is 59.5 Å².